The van der Waals surface area contributed by atoms with Crippen molar-refractivity contribution in [3.63, 3.8) is 0 Å². The Hall–Kier alpha value is -0.920. The maximum Gasteiger partial charge on any atom is 0.294 e. The first kappa shape index (κ1) is 20.0. The van der Waals surface area contributed by atoms with Crippen molar-refractivity contribution in [3.05, 3.63) is 15.3 Å². The smallest absolute Gasteiger partial charge is 0.294 e. The van der Waals surface area contributed by atoms with Crippen LogP contribution in [-0.4, -0.2) is 29.1 Å². The highest BCUT2D eigenvalue weighted by Crippen LogP contribution is 2.64. The molecular weight excluding hydrogens is 372 g/mol. The first-order chi connectivity index (χ1) is 13.7. The normalized spacial score (nSPS) is 53.2. The van der Waals surface area contributed by atoms with E-state index in [-0.39, 0.29) is 17.1 Å². The molecule has 1 N–H and O–H groups in total. The fourth-order valence-electron chi connectivity index (χ4n) is 8.48. The Morgan fingerprint density at radius 3 is 2.41 bits per heavy atom. The van der Waals surface area contributed by atoms with Crippen LogP contribution in [0.2, 0.25) is 0 Å². The van der Waals surface area contributed by atoms with Crippen LogP contribution in [0.4, 0.5) is 0 Å². The van der Waals surface area contributed by atoms with Crippen molar-refractivity contribution in [1.29, 1.82) is 0 Å². The lowest BCUT2D eigenvalue weighted by atomic mass is 9.46. The van der Waals surface area contributed by atoms with Crippen LogP contribution >= 0.6 is 0 Å². The Labute approximate surface area is 173 Å². The third kappa shape index (κ3) is 2.87. The van der Waals surface area contributed by atoms with Crippen LogP contribution in [0.5, 0.6) is 0 Å². The highest BCUT2D eigenvalue weighted by Gasteiger charge is 2.63. The number of fused-ring (bicyclic) bond motifs is 5. The molecule has 4 saturated carbocycles. The fraction of sp³-hybridized carbons (Fsp3) is 1.00. The Morgan fingerprint density at radius 1 is 1.00 bits per heavy atom. The van der Waals surface area contributed by atoms with Gasteiger partial charge in [-0.05, 0) is 93.8 Å². The molecule has 7 unspecified atom stereocenters. The molecule has 1 saturated heterocycles. The minimum atomic E-state index is -0.585. The minimum Gasteiger partial charge on any atom is -0.632 e. The van der Waals surface area contributed by atoms with Gasteiger partial charge in [0.15, 0.2) is 0 Å². The van der Waals surface area contributed by atoms with E-state index < -0.39 is 10.8 Å². The molecule has 5 fully saturated rings. The average Bonchev–Trinajstić information content (AvgIpc) is 3.17. The maximum atomic E-state index is 13.1. The van der Waals surface area contributed by atoms with Gasteiger partial charge in [-0.3, -0.25) is 0 Å². The molecule has 1 spiro atoms. The summed E-state index contributed by atoms with van der Waals surface area (Å²) < 4.78 is 6.23. The summed E-state index contributed by atoms with van der Waals surface area (Å²) in [5.74, 6) is 2.84. The topological polar surface area (TPSA) is 89.1 Å². The van der Waals surface area contributed by atoms with E-state index in [1.165, 1.54) is 12.8 Å². The number of quaternary nitrogens is 1. The van der Waals surface area contributed by atoms with Crippen molar-refractivity contribution >= 4 is 0 Å². The first-order valence-electron chi connectivity index (χ1n) is 11.7. The molecule has 0 radical (unpaired) electrons. The van der Waals surface area contributed by atoms with Crippen LogP contribution in [0.15, 0.2) is 0 Å². The summed E-state index contributed by atoms with van der Waals surface area (Å²) in [5.41, 5.74) is -0.605. The zero-order chi connectivity index (χ0) is 20.6. The Bertz CT molecular complexity index is 686. The first-order valence-corrected chi connectivity index (χ1v) is 11.7. The highest BCUT2D eigenvalue weighted by molar-refractivity contribution is 5.07. The lowest BCUT2D eigenvalue weighted by molar-refractivity contribution is -0.952. The van der Waals surface area contributed by atoms with E-state index in [2.05, 4.69) is 6.92 Å². The average molecular weight is 409 g/mol. The van der Waals surface area contributed by atoms with Crippen molar-refractivity contribution < 1.29 is 19.7 Å². The standard InChI is InChI=1S/C22H36N2O5/c1-20(2)13-28-22(23(20)25)11-10-21(3)14(12-22)4-5-16-15-7-9-19(29-24(26)27)17(15)6-8-18(16)21/h14-19,23H,4-13H2,1-3H3/t14?,15?,16?,17?,18?,19-,21+,22?/m1/s1. The molecule has 7 heteroatoms. The predicted octanol–water partition coefficient (Wildman–Crippen LogP) is 3.10. The summed E-state index contributed by atoms with van der Waals surface area (Å²) in [5, 5.41) is 23.8. The van der Waals surface area contributed by atoms with Crippen molar-refractivity contribution in [3.8, 4) is 0 Å². The molecule has 9 atom stereocenters. The molecule has 0 aromatic rings. The van der Waals surface area contributed by atoms with Gasteiger partial charge >= 0.3 is 0 Å². The maximum absolute atomic E-state index is 13.1. The Kier molecular flexibility index (Phi) is 4.51. The summed E-state index contributed by atoms with van der Waals surface area (Å²) in [6, 6.07) is 0. The zero-order valence-corrected chi connectivity index (χ0v) is 18.0. The van der Waals surface area contributed by atoms with E-state index in [4.69, 9.17) is 9.57 Å². The van der Waals surface area contributed by atoms with Gasteiger partial charge in [-0.15, -0.1) is 10.1 Å². The van der Waals surface area contributed by atoms with Gasteiger partial charge in [0.05, 0.1) is 0 Å². The molecule has 0 bridgehead atoms. The van der Waals surface area contributed by atoms with Crippen LogP contribution in [-0.2, 0) is 9.57 Å². The van der Waals surface area contributed by atoms with Gasteiger partial charge in [0, 0.05) is 12.8 Å². The minimum absolute atomic E-state index is 0.192. The van der Waals surface area contributed by atoms with Gasteiger partial charge in [-0.25, -0.2) is 0 Å². The molecule has 0 aromatic heterocycles. The van der Waals surface area contributed by atoms with Gasteiger partial charge in [0.2, 0.25) is 5.72 Å². The lowest BCUT2D eigenvalue weighted by Crippen LogP contribution is -3.20. The number of ether oxygens (including phenoxy) is 1. The number of hydrogen-bond donors (Lipinski definition) is 1. The van der Waals surface area contributed by atoms with E-state index in [9.17, 15) is 15.3 Å². The van der Waals surface area contributed by atoms with E-state index in [1.807, 2.05) is 13.8 Å². The van der Waals surface area contributed by atoms with E-state index in [0.29, 0.717) is 41.3 Å². The van der Waals surface area contributed by atoms with E-state index in [0.717, 1.165) is 44.9 Å². The van der Waals surface area contributed by atoms with Crippen LogP contribution in [0.3, 0.4) is 0 Å². The summed E-state index contributed by atoms with van der Waals surface area (Å²) in [6.45, 7) is 7.09. The van der Waals surface area contributed by atoms with Gasteiger partial charge in [-0.2, -0.15) is 0 Å². The predicted molar refractivity (Wildman–Crippen MR) is 106 cm³/mol. The second-order valence-electron chi connectivity index (χ2n) is 11.6. The summed E-state index contributed by atoms with van der Waals surface area (Å²) in [7, 11) is 0. The molecule has 164 valence electrons. The van der Waals surface area contributed by atoms with Crippen LogP contribution in [0.1, 0.15) is 78.6 Å². The Morgan fingerprint density at radius 2 is 1.72 bits per heavy atom. The molecule has 5 rings (SSSR count). The number of rotatable bonds is 2. The molecule has 0 amide bonds. The molecule has 29 heavy (non-hydrogen) atoms. The third-order valence-electron chi connectivity index (χ3n) is 9.92. The van der Waals surface area contributed by atoms with E-state index in [1.54, 1.807) is 0 Å². The fourth-order valence-corrected chi connectivity index (χ4v) is 8.48. The van der Waals surface area contributed by atoms with Gasteiger partial charge in [-0.1, -0.05) is 6.92 Å². The monoisotopic (exact) mass is 408 g/mol. The van der Waals surface area contributed by atoms with Crippen molar-refractivity contribution in [1.82, 2.24) is 0 Å². The van der Waals surface area contributed by atoms with Crippen LogP contribution in [0.25, 0.3) is 0 Å². The molecule has 5 aliphatic rings. The second-order valence-corrected chi connectivity index (χ2v) is 11.6. The number of nitrogens with zero attached hydrogens (tertiary/aromatic N) is 1. The van der Waals surface area contributed by atoms with Gasteiger partial charge < -0.3 is 19.8 Å². The molecule has 1 heterocycles. The molecular formula is C22H36N2O5. The molecule has 0 aromatic carbocycles. The summed E-state index contributed by atoms with van der Waals surface area (Å²) in [4.78, 5) is 15.9. The lowest BCUT2D eigenvalue weighted by Gasteiger charge is -2.61. The number of hydrogen-bond acceptors (Lipinski definition) is 5. The number of hydroxylamine groups is 2. The Balaban J connectivity index is 1.34. The van der Waals surface area contributed by atoms with Crippen molar-refractivity contribution in [2.24, 2.45) is 35.0 Å². The largest absolute Gasteiger partial charge is 0.632 e. The molecule has 1 aliphatic heterocycles. The highest BCUT2D eigenvalue weighted by atomic mass is 17.0. The summed E-state index contributed by atoms with van der Waals surface area (Å²) in [6.07, 6.45) is 9.14. The van der Waals surface area contributed by atoms with Crippen LogP contribution < -0.4 is 5.06 Å². The quantitative estimate of drug-likeness (QED) is 0.431. The van der Waals surface area contributed by atoms with Gasteiger partial charge in [0.25, 0.3) is 5.09 Å². The van der Waals surface area contributed by atoms with Crippen molar-refractivity contribution in [2.45, 2.75) is 95.9 Å². The van der Waals surface area contributed by atoms with Crippen LogP contribution in [0, 0.1) is 50.3 Å². The third-order valence-corrected chi connectivity index (χ3v) is 9.92. The SMILES string of the molecule is CC1(C)COC2(CC[C@@]3(C)C(CCC4C5CC[C@@H](O[N+](=O)[O-])C5CCC43)C2)[NH+]1[O-]. The molecule has 4 aliphatic carbocycles. The number of nitrogens with one attached hydrogen (secondary N) is 1. The second kappa shape index (κ2) is 6.54. The van der Waals surface area contributed by atoms with Gasteiger partial charge in [0.1, 0.15) is 18.2 Å². The summed E-state index contributed by atoms with van der Waals surface area (Å²) >= 11 is 0. The van der Waals surface area contributed by atoms with Crippen molar-refractivity contribution in [2.75, 3.05) is 6.61 Å². The molecule has 7 nitrogen and oxygen atoms in total. The zero-order valence-electron chi connectivity index (χ0n) is 18.0. The van der Waals surface area contributed by atoms with E-state index >= 15 is 0 Å².